The Labute approximate surface area is 94.6 Å². The second kappa shape index (κ2) is 4.08. The Balaban J connectivity index is 2.40. The maximum Gasteiger partial charge on any atom is 0.491 e. The van der Waals surface area contributed by atoms with Crippen molar-refractivity contribution in [3.05, 3.63) is 42.5 Å². The van der Waals surface area contributed by atoms with Crippen molar-refractivity contribution in [3.8, 4) is 5.75 Å². The molecule has 0 aliphatic carbocycles. The zero-order valence-electron chi connectivity index (χ0n) is 8.49. The van der Waals surface area contributed by atoms with Crippen LogP contribution in [-0.2, 0) is 4.79 Å². The summed E-state index contributed by atoms with van der Waals surface area (Å²) < 4.78 is 40.5. The lowest BCUT2D eigenvalue weighted by molar-refractivity contribution is -0.189. The summed E-state index contributed by atoms with van der Waals surface area (Å²) in [5.74, 6) is -2.31. The molecule has 0 fully saturated rings. The Morgan fingerprint density at radius 1 is 1.00 bits per heavy atom. The quantitative estimate of drug-likeness (QED) is 0.564. The average molecular weight is 240 g/mol. The Morgan fingerprint density at radius 2 is 1.65 bits per heavy atom. The van der Waals surface area contributed by atoms with Gasteiger partial charge in [-0.3, -0.25) is 0 Å². The fourth-order valence-corrected chi connectivity index (χ4v) is 1.44. The molecule has 0 spiro atoms. The number of alkyl halides is 3. The first-order chi connectivity index (χ1) is 7.98. The molecule has 0 aromatic heterocycles. The monoisotopic (exact) mass is 240 g/mol. The first-order valence-electron chi connectivity index (χ1n) is 4.75. The summed E-state index contributed by atoms with van der Waals surface area (Å²) in [7, 11) is 0. The topological polar surface area (TPSA) is 26.3 Å². The van der Waals surface area contributed by atoms with E-state index in [0.717, 1.165) is 0 Å². The van der Waals surface area contributed by atoms with E-state index >= 15 is 0 Å². The predicted molar refractivity (Wildman–Crippen MR) is 55.6 cm³/mol. The maximum atomic E-state index is 12.1. The van der Waals surface area contributed by atoms with Gasteiger partial charge in [-0.05, 0) is 11.5 Å². The Morgan fingerprint density at radius 3 is 2.35 bits per heavy atom. The first kappa shape index (κ1) is 11.4. The molecule has 0 amide bonds. The Kier molecular flexibility index (Phi) is 2.75. The van der Waals surface area contributed by atoms with E-state index in [4.69, 9.17) is 0 Å². The van der Waals surface area contributed by atoms with Crippen LogP contribution < -0.4 is 4.74 Å². The highest BCUT2D eigenvalue weighted by molar-refractivity contribution is 5.91. The smallest absolute Gasteiger partial charge is 0.419 e. The number of benzene rings is 2. The highest BCUT2D eigenvalue weighted by Crippen LogP contribution is 2.27. The Hall–Kier alpha value is -2.04. The van der Waals surface area contributed by atoms with Crippen molar-refractivity contribution in [2.75, 3.05) is 0 Å². The zero-order valence-corrected chi connectivity index (χ0v) is 8.49. The van der Waals surface area contributed by atoms with E-state index in [9.17, 15) is 18.0 Å². The van der Waals surface area contributed by atoms with Crippen LogP contribution in [0.5, 0.6) is 5.75 Å². The number of hydrogen-bond donors (Lipinski definition) is 0. The Bertz CT molecular complexity index is 556. The summed E-state index contributed by atoms with van der Waals surface area (Å²) in [6.45, 7) is 0. The zero-order chi connectivity index (χ0) is 12.5. The van der Waals surface area contributed by atoms with E-state index in [-0.39, 0.29) is 5.75 Å². The summed E-state index contributed by atoms with van der Waals surface area (Å²) in [4.78, 5) is 10.7. The molecule has 0 aliphatic rings. The van der Waals surface area contributed by atoms with Gasteiger partial charge in [-0.15, -0.1) is 0 Å². The normalized spacial score (nSPS) is 11.5. The number of rotatable bonds is 1. The molecule has 0 atom stereocenters. The van der Waals surface area contributed by atoms with Gasteiger partial charge in [0.2, 0.25) is 0 Å². The van der Waals surface area contributed by atoms with Crippen molar-refractivity contribution in [1.82, 2.24) is 0 Å². The molecule has 2 rings (SSSR count). The fourth-order valence-electron chi connectivity index (χ4n) is 1.44. The first-order valence-corrected chi connectivity index (χ1v) is 4.75. The van der Waals surface area contributed by atoms with E-state index in [1.165, 1.54) is 12.1 Å². The van der Waals surface area contributed by atoms with Crippen molar-refractivity contribution >= 4 is 16.7 Å². The van der Waals surface area contributed by atoms with Crippen molar-refractivity contribution in [2.45, 2.75) is 6.18 Å². The van der Waals surface area contributed by atoms with Crippen LogP contribution in [0.25, 0.3) is 10.8 Å². The molecule has 2 nitrogen and oxygen atoms in total. The number of carbonyl (C=O) groups excluding carboxylic acids is 1. The lowest BCUT2D eigenvalue weighted by atomic mass is 10.1. The van der Waals surface area contributed by atoms with Crippen molar-refractivity contribution < 1.29 is 22.7 Å². The van der Waals surface area contributed by atoms with Gasteiger partial charge in [0.15, 0.2) is 0 Å². The van der Waals surface area contributed by atoms with Crippen LogP contribution in [0.15, 0.2) is 42.5 Å². The molecule has 88 valence electrons. The van der Waals surface area contributed by atoms with E-state index in [0.29, 0.717) is 10.8 Å². The van der Waals surface area contributed by atoms with Crippen molar-refractivity contribution in [2.24, 2.45) is 0 Å². The molecule has 5 heteroatoms. The van der Waals surface area contributed by atoms with Gasteiger partial charge in [0.25, 0.3) is 0 Å². The summed E-state index contributed by atoms with van der Waals surface area (Å²) in [6, 6.07) is 11.3. The third-order valence-electron chi connectivity index (χ3n) is 2.18. The van der Waals surface area contributed by atoms with Gasteiger partial charge in [0.1, 0.15) is 5.75 Å². The molecule has 2 aromatic rings. The van der Waals surface area contributed by atoms with Crippen molar-refractivity contribution in [3.63, 3.8) is 0 Å². The summed E-state index contributed by atoms with van der Waals surface area (Å²) in [5, 5.41) is 1.17. The van der Waals surface area contributed by atoms with Gasteiger partial charge < -0.3 is 4.74 Å². The highest BCUT2D eigenvalue weighted by Gasteiger charge is 2.41. The van der Waals surface area contributed by atoms with Gasteiger partial charge in [-0.2, -0.15) is 13.2 Å². The van der Waals surface area contributed by atoms with Crippen LogP contribution in [0.4, 0.5) is 13.2 Å². The van der Waals surface area contributed by atoms with Crippen LogP contribution in [0.1, 0.15) is 0 Å². The van der Waals surface area contributed by atoms with Crippen molar-refractivity contribution in [1.29, 1.82) is 0 Å². The van der Waals surface area contributed by atoms with E-state index in [2.05, 4.69) is 4.74 Å². The third-order valence-corrected chi connectivity index (χ3v) is 2.18. The minimum atomic E-state index is -4.99. The maximum absolute atomic E-state index is 12.1. The van der Waals surface area contributed by atoms with Crippen LogP contribution in [0.3, 0.4) is 0 Å². The van der Waals surface area contributed by atoms with E-state index < -0.39 is 12.1 Å². The van der Waals surface area contributed by atoms with Crippen LogP contribution in [-0.4, -0.2) is 12.1 Å². The molecule has 0 saturated carbocycles. The second-order valence-electron chi connectivity index (χ2n) is 3.36. The number of hydrogen-bond acceptors (Lipinski definition) is 2. The minimum absolute atomic E-state index is 0.0922. The molecule has 0 radical (unpaired) electrons. The second-order valence-corrected chi connectivity index (χ2v) is 3.36. The van der Waals surface area contributed by atoms with Gasteiger partial charge in [0.05, 0.1) is 0 Å². The molecule has 0 heterocycles. The summed E-state index contributed by atoms with van der Waals surface area (Å²) >= 11 is 0. The number of fused-ring (bicyclic) bond motifs is 1. The van der Waals surface area contributed by atoms with E-state index in [1.807, 2.05) is 0 Å². The van der Waals surface area contributed by atoms with Crippen LogP contribution >= 0.6 is 0 Å². The molecular weight excluding hydrogens is 233 g/mol. The van der Waals surface area contributed by atoms with Gasteiger partial charge in [0, 0.05) is 5.39 Å². The number of esters is 1. The molecule has 0 N–H and O–H groups in total. The summed E-state index contributed by atoms with van der Waals surface area (Å²) in [6.07, 6.45) is -4.99. The molecule has 0 saturated heterocycles. The third kappa shape index (κ3) is 2.38. The molecule has 0 unspecified atom stereocenters. The molecule has 2 aromatic carbocycles. The van der Waals surface area contributed by atoms with Gasteiger partial charge in [-0.1, -0.05) is 36.4 Å². The van der Waals surface area contributed by atoms with Gasteiger partial charge in [-0.25, -0.2) is 4.79 Å². The molecule has 0 aliphatic heterocycles. The van der Waals surface area contributed by atoms with Crippen LogP contribution in [0, 0.1) is 0 Å². The standard InChI is InChI=1S/C12H7F3O2/c13-12(14,15)11(16)17-10-7-3-5-8-4-1-2-6-9(8)10/h1-7H. The molecule has 0 bridgehead atoms. The molecule has 17 heavy (non-hydrogen) atoms. The highest BCUT2D eigenvalue weighted by atomic mass is 19.4. The lowest BCUT2D eigenvalue weighted by Gasteiger charge is -2.09. The summed E-state index contributed by atoms with van der Waals surface area (Å²) in [5.41, 5.74) is 0. The fraction of sp³-hybridized carbons (Fsp3) is 0.0833. The largest absolute Gasteiger partial charge is 0.491 e. The molecular formula is C12H7F3O2. The van der Waals surface area contributed by atoms with Gasteiger partial charge >= 0.3 is 12.1 Å². The number of ether oxygens (including phenoxy) is 1. The van der Waals surface area contributed by atoms with Crippen LogP contribution in [0.2, 0.25) is 0 Å². The average Bonchev–Trinajstić information content (AvgIpc) is 2.28. The number of halogens is 3. The SMILES string of the molecule is O=C(Oc1cccc2ccccc12)C(F)(F)F. The number of carbonyl (C=O) groups is 1. The predicted octanol–water partition coefficient (Wildman–Crippen LogP) is 3.31. The lowest BCUT2D eigenvalue weighted by Crippen LogP contribution is -2.28. The van der Waals surface area contributed by atoms with E-state index in [1.54, 1.807) is 30.3 Å². The minimum Gasteiger partial charge on any atom is -0.419 e.